The summed E-state index contributed by atoms with van der Waals surface area (Å²) in [5.41, 5.74) is 3.01. The minimum atomic E-state index is 0.384. The lowest BCUT2D eigenvalue weighted by molar-refractivity contribution is 0.0902. The van der Waals surface area contributed by atoms with Crippen LogP contribution >= 0.6 is 12.2 Å². The molecule has 4 aromatic rings. The van der Waals surface area contributed by atoms with Gasteiger partial charge in [0.1, 0.15) is 5.75 Å². The molecular formula is C24H26N6O3S. The predicted molar refractivity (Wildman–Crippen MR) is 129 cm³/mol. The molecule has 0 aliphatic carbocycles. The molecule has 2 aromatic heterocycles. The fourth-order valence-electron chi connectivity index (χ4n) is 3.85. The number of benzene rings is 2. The van der Waals surface area contributed by atoms with Gasteiger partial charge in [0, 0.05) is 37.3 Å². The van der Waals surface area contributed by atoms with Crippen molar-refractivity contribution in [1.29, 1.82) is 0 Å². The number of rotatable bonds is 7. The minimum absolute atomic E-state index is 0.384. The van der Waals surface area contributed by atoms with Crippen molar-refractivity contribution in [1.82, 2.24) is 29.7 Å². The summed E-state index contributed by atoms with van der Waals surface area (Å²) in [7, 11) is 1.64. The van der Waals surface area contributed by atoms with Crippen LogP contribution in [0, 0.1) is 11.8 Å². The second kappa shape index (κ2) is 9.88. The normalized spacial score (nSPS) is 15.0. The van der Waals surface area contributed by atoms with E-state index in [4.69, 9.17) is 25.9 Å². The van der Waals surface area contributed by atoms with E-state index in [0.717, 1.165) is 43.1 Å². The summed E-state index contributed by atoms with van der Waals surface area (Å²) in [4.78, 5) is 9.55. The van der Waals surface area contributed by atoms with Gasteiger partial charge in [0.05, 0.1) is 20.3 Å². The van der Waals surface area contributed by atoms with Crippen LogP contribution < -0.4 is 4.74 Å². The van der Waals surface area contributed by atoms with E-state index < -0.39 is 0 Å². The summed E-state index contributed by atoms with van der Waals surface area (Å²) in [6.07, 6.45) is 0. The number of aromatic nitrogens is 4. The Kier molecular flexibility index (Phi) is 6.52. The molecule has 0 unspecified atom stereocenters. The molecule has 0 radical (unpaired) electrons. The van der Waals surface area contributed by atoms with E-state index >= 15 is 0 Å². The van der Waals surface area contributed by atoms with Crippen molar-refractivity contribution in [2.24, 2.45) is 0 Å². The Hall–Kier alpha value is -3.34. The average molecular weight is 479 g/mol. The molecule has 10 heteroatoms. The van der Waals surface area contributed by atoms with E-state index in [9.17, 15) is 0 Å². The quantitative estimate of drug-likeness (QED) is 0.366. The molecule has 3 heterocycles. The Morgan fingerprint density at radius 2 is 1.62 bits per heavy atom. The Morgan fingerprint density at radius 3 is 2.32 bits per heavy atom. The van der Waals surface area contributed by atoms with Gasteiger partial charge in [-0.25, -0.2) is 4.68 Å². The average Bonchev–Trinajstić information content (AvgIpc) is 3.47. The predicted octanol–water partition coefficient (Wildman–Crippen LogP) is 4.01. The number of aryl methyl sites for hydroxylation is 1. The fraction of sp³-hybridized carbons (Fsp3) is 0.333. The van der Waals surface area contributed by atoms with Gasteiger partial charge in [0.15, 0.2) is 0 Å². The lowest BCUT2D eigenvalue weighted by atomic mass is 10.1. The maximum absolute atomic E-state index is 5.73. The smallest absolute Gasteiger partial charge is 0.288 e. The minimum Gasteiger partial charge on any atom is -0.497 e. The van der Waals surface area contributed by atoms with E-state index in [-0.39, 0.29) is 0 Å². The molecule has 9 nitrogen and oxygen atoms in total. The van der Waals surface area contributed by atoms with E-state index in [0.29, 0.717) is 35.7 Å². The standard InChI is InChI=1S/C24H26N6O3S/c1-17-3-5-19(6-4-17)23-26-30(24(34)32-23)16-29-13-11-28(12-14-29)15-21-25-22(27-33-21)18-7-9-20(31-2)10-8-18/h3-10H,11-16H2,1-2H3. The molecule has 2 aromatic carbocycles. The first-order valence-corrected chi connectivity index (χ1v) is 11.5. The highest BCUT2D eigenvalue weighted by atomic mass is 32.1. The summed E-state index contributed by atoms with van der Waals surface area (Å²) in [6, 6.07) is 15.7. The van der Waals surface area contributed by atoms with Crippen molar-refractivity contribution in [3.05, 3.63) is 64.8 Å². The first-order chi connectivity index (χ1) is 16.6. The molecule has 0 saturated carbocycles. The van der Waals surface area contributed by atoms with Crippen molar-refractivity contribution in [2.45, 2.75) is 20.1 Å². The zero-order valence-corrected chi connectivity index (χ0v) is 20.0. The van der Waals surface area contributed by atoms with Crippen molar-refractivity contribution in [2.75, 3.05) is 33.3 Å². The Morgan fingerprint density at radius 1 is 0.941 bits per heavy atom. The van der Waals surface area contributed by atoms with Gasteiger partial charge < -0.3 is 13.7 Å². The van der Waals surface area contributed by atoms with Gasteiger partial charge in [0.2, 0.25) is 17.6 Å². The Labute approximate surface area is 202 Å². The van der Waals surface area contributed by atoms with E-state index in [1.54, 1.807) is 11.8 Å². The van der Waals surface area contributed by atoms with Crippen LogP contribution in [0.25, 0.3) is 22.8 Å². The monoisotopic (exact) mass is 478 g/mol. The van der Waals surface area contributed by atoms with Crippen LogP contribution in [0.2, 0.25) is 0 Å². The van der Waals surface area contributed by atoms with Gasteiger partial charge in [-0.1, -0.05) is 22.9 Å². The van der Waals surface area contributed by atoms with Gasteiger partial charge in [-0.15, -0.1) is 5.10 Å². The zero-order valence-electron chi connectivity index (χ0n) is 19.2. The number of hydrogen-bond acceptors (Lipinski definition) is 9. The number of ether oxygens (including phenoxy) is 1. The third kappa shape index (κ3) is 5.09. The maximum atomic E-state index is 5.73. The Bertz CT molecular complexity index is 1290. The van der Waals surface area contributed by atoms with Gasteiger partial charge >= 0.3 is 0 Å². The molecule has 1 aliphatic rings. The van der Waals surface area contributed by atoms with E-state index in [2.05, 4.69) is 32.0 Å². The summed E-state index contributed by atoms with van der Waals surface area (Å²) in [5, 5.41) is 8.70. The number of hydrogen-bond donors (Lipinski definition) is 0. The van der Waals surface area contributed by atoms with Gasteiger partial charge in [-0.05, 0) is 55.5 Å². The SMILES string of the molecule is COc1ccc(-c2noc(CN3CCN(Cn4nc(-c5ccc(C)cc5)oc4=S)CC3)n2)cc1. The third-order valence-corrected chi connectivity index (χ3v) is 6.17. The van der Waals surface area contributed by atoms with Gasteiger partial charge in [0.25, 0.3) is 4.84 Å². The van der Waals surface area contributed by atoms with Gasteiger partial charge in [-0.2, -0.15) is 4.98 Å². The lowest BCUT2D eigenvalue weighted by Crippen LogP contribution is -2.46. The number of piperazine rings is 1. The summed E-state index contributed by atoms with van der Waals surface area (Å²) in [6.45, 7) is 6.81. The van der Waals surface area contributed by atoms with Crippen LogP contribution in [-0.2, 0) is 13.2 Å². The molecule has 34 heavy (non-hydrogen) atoms. The molecule has 1 saturated heterocycles. The molecule has 0 N–H and O–H groups in total. The van der Waals surface area contributed by atoms with Crippen LogP contribution in [0.15, 0.2) is 57.5 Å². The highest BCUT2D eigenvalue weighted by Crippen LogP contribution is 2.21. The Balaban J connectivity index is 1.15. The van der Waals surface area contributed by atoms with Crippen LogP contribution in [0.3, 0.4) is 0 Å². The van der Waals surface area contributed by atoms with Crippen LogP contribution in [0.5, 0.6) is 5.75 Å². The first-order valence-electron chi connectivity index (χ1n) is 11.1. The molecule has 1 aliphatic heterocycles. The van der Waals surface area contributed by atoms with Gasteiger partial charge in [-0.3, -0.25) is 9.80 Å². The molecule has 176 valence electrons. The molecule has 0 spiro atoms. The second-order valence-electron chi connectivity index (χ2n) is 8.31. The molecule has 0 atom stereocenters. The molecular weight excluding hydrogens is 452 g/mol. The number of methoxy groups -OCH3 is 1. The second-order valence-corrected chi connectivity index (χ2v) is 8.66. The summed E-state index contributed by atoms with van der Waals surface area (Å²) < 4.78 is 18.2. The molecule has 0 amide bonds. The van der Waals surface area contributed by atoms with Crippen molar-refractivity contribution in [3.8, 4) is 28.6 Å². The largest absolute Gasteiger partial charge is 0.497 e. The number of nitrogens with zero attached hydrogens (tertiary/aromatic N) is 6. The summed E-state index contributed by atoms with van der Waals surface area (Å²) in [5.74, 6) is 2.54. The summed E-state index contributed by atoms with van der Waals surface area (Å²) >= 11 is 5.40. The highest BCUT2D eigenvalue weighted by Gasteiger charge is 2.21. The molecule has 0 bridgehead atoms. The van der Waals surface area contributed by atoms with Crippen molar-refractivity contribution < 1.29 is 13.7 Å². The fourth-order valence-corrected chi connectivity index (χ4v) is 4.03. The van der Waals surface area contributed by atoms with Crippen LogP contribution in [0.4, 0.5) is 0 Å². The lowest BCUT2D eigenvalue weighted by Gasteiger charge is -2.33. The van der Waals surface area contributed by atoms with Crippen LogP contribution in [-0.4, -0.2) is 63.0 Å². The zero-order chi connectivity index (χ0) is 23.5. The third-order valence-electron chi connectivity index (χ3n) is 5.88. The molecule has 5 rings (SSSR count). The van der Waals surface area contributed by atoms with Crippen molar-refractivity contribution in [3.63, 3.8) is 0 Å². The maximum Gasteiger partial charge on any atom is 0.288 e. The van der Waals surface area contributed by atoms with Crippen molar-refractivity contribution >= 4 is 12.2 Å². The molecule has 1 fully saturated rings. The van der Waals surface area contributed by atoms with E-state index in [1.165, 1.54) is 5.56 Å². The van der Waals surface area contributed by atoms with E-state index in [1.807, 2.05) is 48.5 Å². The highest BCUT2D eigenvalue weighted by molar-refractivity contribution is 7.71. The van der Waals surface area contributed by atoms with Crippen LogP contribution in [0.1, 0.15) is 11.5 Å². The topological polar surface area (TPSA) is 85.6 Å². The first kappa shape index (κ1) is 22.5.